The molecule has 1 atom stereocenters. The lowest BCUT2D eigenvalue weighted by molar-refractivity contribution is -0.125. The first-order valence-corrected chi connectivity index (χ1v) is 9.62. The van der Waals surface area contributed by atoms with Crippen molar-refractivity contribution in [2.24, 2.45) is 5.73 Å². The lowest BCUT2D eigenvalue weighted by Gasteiger charge is -2.30. The molecule has 2 aromatic carbocycles. The Morgan fingerprint density at radius 3 is 2.43 bits per heavy atom. The van der Waals surface area contributed by atoms with E-state index in [2.05, 4.69) is 4.98 Å². The number of morpholine rings is 1. The number of carbonyl (C=O) groups excluding carboxylic acids is 2. The van der Waals surface area contributed by atoms with E-state index in [0.717, 1.165) is 34.2 Å². The van der Waals surface area contributed by atoms with Gasteiger partial charge in [0.25, 0.3) is 0 Å². The molecule has 2 heterocycles. The molecule has 7 nitrogen and oxygen atoms in total. The normalized spacial score (nSPS) is 16.3. The first-order chi connectivity index (χ1) is 14.5. The van der Waals surface area contributed by atoms with Crippen LogP contribution in [0.5, 0.6) is 0 Å². The summed E-state index contributed by atoms with van der Waals surface area (Å²) < 4.78 is 5.80. The van der Waals surface area contributed by atoms with E-state index >= 15 is 0 Å². The molecule has 1 saturated heterocycles. The Kier molecular flexibility index (Phi) is 5.45. The maximum absolute atomic E-state index is 11.3. The lowest BCUT2D eigenvalue weighted by atomic mass is 9.98. The molecule has 7 heteroatoms. The van der Waals surface area contributed by atoms with Crippen molar-refractivity contribution in [2.75, 3.05) is 25.4 Å². The van der Waals surface area contributed by atoms with Crippen LogP contribution >= 0.6 is 0 Å². The third-order valence-electron chi connectivity index (χ3n) is 5.26. The van der Waals surface area contributed by atoms with E-state index in [1.807, 2.05) is 30.3 Å². The Bertz CT molecular complexity index is 1060. The summed E-state index contributed by atoms with van der Waals surface area (Å²) in [6.45, 7) is 1.71. The van der Waals surface area contributed by atoms with Crippen molar-refractivity contribution < 1.29 is 14.3 Å². The fraction of sp³-hybridized carbons (Fsp3) is 0.174. The maximum Gasteiger partial charge on any atom is 0.248 e. The minimum atomic E-state index is -0.473. The van der Waals surface area contributed by atoms with Gasteiger partial charge >= 0.3 is 0 Å². The third kappa shape index (κ3) is 4.01. The summed E-state index contributed by atoms with van der Waals surface area (Å²) in [4.78, 5) is 28.4. The first kappa shape index (κ1) is 19.6. The minimum Gasteiger partial charge on any atom is -0.383 e. The van der Waals surface area contributed by atoms with E-state index in [0.29, 0.717) is 31.1 Å². The largest absolute Gasteiger partial charge is 0.383 e. The molecule has 1 fully saturated rings. The second-order valence-corrected chi connectivity index (χ2v) is 7.18. The van der Waals surface area contributed by atoms with Gasteiger partial charge < -0.3 is 21.1 Å². The van der Waals surface area contributed by atoms with Gasteiger partial charge in [0.1, 0.15) is 11.9 Å². The van der Waals surface area contributed by atoms with Crippen LogP contribution in [0.25, 0.3) is 22.3 Å². The minimum absolute atomic E-state index is 0.123. The number of aromatic nitrogens is 1. The highest BCUT2D eigenvalue weighted by Gasteiger charge is 2.20. The zero-order valence-electron chi connectivity index (χ0n) is 16.3. The van der Waals surface area contributed by atoms with E-state index in [-0.39, 0.29) is 6.10 Å². The lowest BCUT2D eigenvalue weighted by Crippen LogP contribution is -2.37. The average molecular weight is 402 g/mol. The second-order valence-electron chi connectivity index (χ2n) is 7.18. The quantitative estimate of drug-likeness (QED) is 0.637. The molecule has 30 heavy (non-hydrogen) atoms. The van der Waals surface area contributed by atoms with Crippen LogP contribution in [0.15, 0.2) is 60.8 Å². The van der Waals surface area contributed by atoms with Gasteiger partial charge in [0.2, 0.25) is 12.3 Å². The third-order valence-corrected chi connectivity index (χ3v) is 5.26. The van der Waals surface area contributed by atoms with Crippen molar-refractivity contribution in [3.05, 3.63) is 71.9 Å². The summed E-state index contributed by atoms with van der Waals surface area (Å²) in [6.07, 6.45) is 2.47. The summed E-state index contributed by atoms with van der Waals surface area (Å²) >= 11 is 0. The predicted octanol–water partition coefficient (Wildman–Crippen LogP) is 2.63. The topological polar surface area (TPSA) is 112 Å². The van der Waals surface area contributed by atoms with Crippen LogP contribution < -0.4 is 11.5 Å². The van der Waals surface area contributed by atoms with Gasteiger partial charge in [0.05, 0.1) is 13.2 Å². The summed E-state index contributed by atoms with van der Waals surface area (Å²) in [5, 5.41) is 0. The van der Waals surface area contributed by atoms with E-state index in [1.165, 1.54) is 0 Å². The number of nitrogen functional groups attached to an aromatic ring is 1. The zero-order valence-corrected chi connectivity index (χ0v) is 16.3. The molecule has 2 amide bonds. The van der Waals surface area contributed by atoms with Crippen LogP contribution in [0.3, 0.4) is 0 Å². The molecular weight excluding hydrogens is 380 g/mol. The molecule has 1 aliphatic rings. The summed E-state index contributed by atoms with van der Waals surface area (Å²) in [5.41, 5.74) is 16.4. The van der Waals surface area contributed by atoms with Crippen molar-refractivity contribution in [2.45, 2.75) is 6.10 Å². The standard InChI is InChI=1S/C23H22N4O3/c24-22-20(16-3-7-18(8-4-16)23(25)29)11-19(12-26-22)15-1-5-17(6-2-15)21-13-27(14-28)9-10-30-21/h1-8,11-12,14,21H,9-10,13H2,(H2,24,26)(H2,25,29). The Morgan fingerprint density at radius 1 is 1.07 bits per heavy atom. The van der Waals surface area contributed by atoms with Gasteiger partial charge in [-0.3, -0.25) is 9.59 Å². The molecule has 1 unspecified atom stereocenters. The van der Waals surface area contributed by atoms with Crippen molar-refractivity contribution in [3.8, 4) is 22.3 Å². The summed E-state index contributed by atoms with van der Waals surface area (Å²) in [6, 6.07) is 17.0. The zero-order chi connectivity index (χ0) is 21.1. The number of carbonyl (C=O) groups is 2. The van der Waals surface area contributed by atoms with Gasteiger partial charge in [0, 0.05) is 29.4 Å². The molecule has 0 radical (unpaired) electrons. The van der Waals surface area contributed by atoms with Crippen LogP contribution in [-0.4, -0.2) is 41.9 Å². The van der Waals surface area contributed by atoms with E-state index in [4.69, 9.17) is 16.2 Å². The van der Waals surface area contributed by atoms with Crippen molar-refractivity contribution in [3.63, 3.8) is 0 Å². The van der Waals surface area contributed by atoms with E-state index in [9.17, 15) is 9.59 Å². The Hall–Kier alpha value is -3.71. The molecule has 4 rings (SSSR count). The van der Waals surface area contributed by atoms with E-state index in [1.54, 1.807) is 35.4 Å². The Labute approximate surface area is 174 Å². The molecule has 0 saturated carbocycles. The van der Waals surface area contributed by atoms with Crippen LogP contribution in [-0.2, 0) is 9.53 Å². The molecule has 4 N–H and O–H groups in total. The number of rotatable bonds is 5. The fourth-order valence-electron chi connectivity index (χ4n) is 3.54. The van der Waals surface area contributed by atoms with Gasteiger partial charge in [-0.2, -0.15) is 0 Å². The number of hydrogen-bond donors (Lipinski definition) is 2. The maximum atomic E-state index is 11.3. The highest BCUT2D eigenvalue weighted by atomic mass is 16.5. The summed E-state index contributed by atoms with van der Waals surface area (Å²) in [5.74, 6) is -0.0635. The molecule has 1 aromatic heterocycles. The molecule has 0 bridgehead atoms. The Balaban J connectivity index is 1.59. The number of pyridine rings is 1. The second kappa shape index (κ2) is 8.34. The molecular formula is C23H22N4O3. The number of hydrogen-bond acceptors (Lipinski definition) is 5. The molecule has 0 spiro atoms. The van der Waals surface area contributed by atoms with Crippen LogP contribution in [0.2, 0.25) is 0 Å². The van der Waals surface area contributed by atoms with Crippen LogP contribution in [0.1, 0.15) is 22.0 Å². The van der Waals surface area contributed by atoms with Gasteiger partial charge in [-0.15, -0.1) is 0 Å². The molecule has 3 aromatic rings. The number of nitrogens with zero attached hydrogens (tertiary/aromatic N) is 2. The van der Waals surface area contributed by atoms with Gasteiger partial charge in [-0.05, 0) is 34.9 Å². The number of amides is 2. The van der Waals surface area contributed by atoms with Crippen LogP contribution in [0.4, 0.5) is 5.82 Å². The van der Waals surface area contributed by atoms with Gasteiger partial charge in [-0.25, -0.2) is 4.98 Å². The van der Waals surface area contributed by atoms with Crippen molar-refractivity contribution in [1.82, 2.24) is 9.88 Å². The number of ether oxygens (including phenoxy) is 1. The van der Waals surface area contributed by atoms with Crippen molar-refractivity contribution >= 4 is 18.1 Å². The number of benzene rings is 2. The van der Waals surface area contributed by atoms with Gasteiger partial charge in [-0.1, -0.05) is 36.4 Å². The highest BCUT2D eigenvalue weighted by Crippen LogP contribution is 2.31. The average Bonchev–Trinajstić information content (AvgIpc) is 2.79. The molecule has 0 aliphatic carbocycles. The van der Waals surface area contributed by atoms with Crippen molar-refractivity contribution in [1.29, 1.82) is 0 Å². The molecule has 152 valence electrons. The number of nitrogens with two attached hydrogens (primary N) is 2. The highest BCUT2D eigenvalue weighted by molar-refractivity contribution is 5.93. The number of primary amides is 1. The first-order valence-electron chi connectivity index (χ1n) is 9.62. The SMILES string of the molecule is NC(=O)c1ccc(-c2cc(-c3ccc(C4CN(C=O)CCO4)cc3)cnc2N)cc1. The monoisotopic (exact) mass is 402 g/mol. The number of anilines is 1. The van der Waals surface area contributed by atoms with Gasteiger partial charge in [0.15, 0.2) is 0 Å². The summed E-state index contributed by atoms with van der Waals surface area (Å²) in [7, 11) is 0. The van der Waals surface area contributed by atoms with E-state index < -0.39 is 5.91 Å². The fourth-order valence-corrected chi connectivity index (χ4v) is 3.54. The van der Waals surface area contributed by atoms with Crippen LogP contribution in [0, 0.1) is 0 Å². The molecule has 1 aliphatic heterocycles. The predicted molar refractivity (Wildman–Crippen MR) is 114 cm³/mol. The smallest absolute Gasteiger partial charge is 0.248 e. The Morgan fingerprint density at radius 2 is 1.77 bits per heavy atom.